The van der Waals surface area contributed by atoms with Gasteiger partial charge in [-0.2, -0.15) is 13.2 Å². The molecule has 2 aromatic carbocycles. The predicted octanol–water partition coefficient (Wildman–Crippen LogP) is 6.92. The Morgan fingerprint density at radius 1 is 1.10 bits per heavy atom. The molecule has 0 spiro atoms. The lowest BCUT2D eigenvalue weighted by Crippen LogP contribution is -2.10. The number of rotatable bonds is 5. The fourth-order valence-corrected chi connectivity index (χ4v) is 3.84. The second-order valence-electron chi connectivity index (χ2n) is 6.63. The predicted molar refractivity (Wildman–Crippen MR) is 113 cm³/mol. The molecule has 0 fully saturated rings. The van der Waals surface area contributed by atoms with E-state index >= 15 is 0 Å². The van der Waals surface area contributed by atoms with Crippen molar-refractivity contribution in [1.29, 1.82) is 0 Å². The van der Waals surface area contributed by atoms with E-state index in [2.05, 4.69) is 10.3 Å². The van der Waals surface area contributed by atoms with Crippen LogP contribution < -0.4 is 5.32 Å². The molecule has 1 N–H and O–H groups in total. The molecule has 9 heteroatoms. The summed E-state index contributed by atoms with van der Waals surface area (Å²) in [6, 6.07) is 15.0. The van der Waals surface area contributed by atoms with Gasteiger partial charge in [-0.25, -0.2) is 4.98 Å². The third-order valence-corrected chi connectivity index (χ3v) is 5.53. The van der Waals surface area contributed by atoms with E-state index in [1.165, 1.54) is 35.6 Å². The van der Waals surface area contributed by atoms with Crippen molar-refractivity contribution in [3.8, 4) is 11.3 Å². The summed E-state index contributed by atoms with van der Waals surface area (Å²) in [6.07, 6.45) is -2.15. The molecule has 0 saturated carbocycles. The Morgan fingerprint density at radius 2 is 1.87 bits per heavy atom. The fourth-order valence-electron chi connectivity index (χ4n) is 2.87. The summed E-state index contributed by atoms with van der Waals surface area (Å²) in [5.41, 5.74) is 0.500. The average molecular weight is 463 g/mol. The molecule has 0 aliphatic heterocycles. The number of hydrogen-bond acceptors (Lipinski definition) is 4. The summed E-state index contributed by atoms with van der Waals surface area (Å²) >= 11 is 7.21. The van der Waals surface area contributed by atoms with Crippen molar-refractivity contribution in [2.75, 3.05) is 5.32 Å². The largest absolute Gasteiger partial charge is 0.451 e. The van der Waals surface area contributed by atoms with Crippen molar-refractivity contribution in [3.63, 3.8) is 0 Å². The number of benzene rings is 2. The van der Waals surface area contributed by atoms with Crippen molar-refractivity contribution < 1.29 is 22.4 Å². The van der Waals surface area contributed by atoms with Crippen molar-refractivity contribution in [2.24, 2.45) is 0 Å². The summed E-state index contributed by atoms with van der Waals surface area (Å²) in [5.74, 6) is -0.397. The molecule has 4 nitrogen and oxygen atoms in total. The second-order valence-corrected chi connectivity index (χ2v) is 8.18. The number of carbonyl (C=O) groups is 1. The Hall–Kier alpha value is -3.10. The number of hydrogen-bond donors (Lipinski definition) is 1. The summed E-state index contributed by atoms with van der Waals surface area (Å²) in [7, 11) is 0. The van der Waals surface area contributed by atoms with Crippen molar-refractivity contribution in [1.82, 2.24) is 4.98 Å². The summed E-state index contributed by atoms with van der Waals surface area (Å²) < 4.78 is 44.2. The maximum Gasteiger partial charge on any atom is 0.416 e. The number of nitrogens with zero attached hydrogens (tertiary/aromatic N) is 1. The number of aromatic nitrogens is 1. The third kappa shape index (κ3) is 5.15. The highest BCUT2D eigenvalue weighted by Gasteiger charge is 2.30. The molecular weight excluding hydrogens is 449 g/mol. The fraction of sp³-hybridized carbons (Fsp3) is 0.0909. The number of thiazole rings is 1. The van der Waals surface area contributed by atoms with E-state index in [1.807, 2.05) is 12.1 Å². The Bertz CT molecular complexity index is 1220. The van der Waals surface area contributed by atoms with Crippen LogP contribution in [0.4, 0.5) is 18.3 Å². The van der Waals surface area contributed by atoms with Gasteiger partial charge in [0, 0.05) is 28.1 Å². The molecule has 2 aromatic heterocycles. The van der Waals surface area contributed by atoms with Crippen LogP contribution in [0.3, 0.4) is 0 Å². The van der Waals surface area contributed by atoms with Crippen molar-refractivity contribution >= 4 is 34.0 Å². The van der Waals surface area contributed by atoms with Gasteiger partial charge in [0.2, 0.25) is 0 Å². The maximum atomic E-state index is 12.9. The molecule has 0 saturated heterocycles. The highest BCUT2D eigenvalue weighted by molar-refractivity contribution is 7.15. The zero-order chi connectivity index (χ0) is 22.0. The van der Waals surface area contributed by atoms with E-state index < -0.39 is 17.6 Å². The van der Waals surface area contributed by atoms with E-state index in [1.54, 1.807) is 18.3 Å². The van der Waals surface area contributed by atoms with E-state index in [4.69, 9.17) is 16.0 Å². The Balaban J connectivity index is 1.44. The molecule has 0 atom stereocenters. The first-order valence-electron chi connectivity index (χ1n) is 9.06. The minimum Gasteiger partial charge on any atom is -0.451 e. The van der Waals surface area contributed by atoms with Gasteiger partial charge >= 0.3 is 6.18 Å². The van der Waals surface area contributed by atoms with Gasteiger partial charge in [0.15, 0.2) is 10.9 Å². The van der Waals surface area contributed by atoms with Gasteiger partial charge in [0.05, 0.1) is 5.56 Å². The lowest BCUT2D eigenvalue weighted by atomic mass is 10.1. The van der Waals surface area contributed by atoms with Crippen LogP contribution in [-0.2, 0) is 12.6 Å². The standard InChI is InChI=1S/C22H14ClF3N2O2S/c23-16-6-4-13(5-7-16)10-17-12-27-21(31-17)28-20(29)19-9-8-18(30-19)14-2-1-3-15(11-14)22(24,25)26/h1-9,11-12H,10H2,(H,27,28,29). The van der Waals surface area contributed by atoms with Gasteiger partial charge in [-0.1, -0.05) is 35.9 Å². The number of nitrogens with one attached hydrogen (secondary N) is 1. The minimum absolute atomic E-state index is 0.0261. The first-order chi connectivity index (χ1) is 14.8. The summed E-state index contributed by atoms with van der Waals surface area (Å²) in [4.78, 5) is 17.6. The van der Waals surface area contributed by atoms with Crippen LogP contribution in [0, 0.1) is 0 Å². The molecule has 2 heterocycles. The van der Waals surface area contributed by atoms with Crippen LogP contribution in [0.5, 0.6) is 0 Å². The zero-order valence-electron chi connectivity index (χ0n) is 15.7. The van der Waals surface area contributed by atoms with Crippen LogP contribution in [0.2, 0.25) is 5.02 Å². The van der Waals surface area contributed by atoms with Crippen LogP contribution in [0.15, 0.2) is 71.3 Å². The highest BCUT2D eigenvalue weighted by atomic mass is 35.5. The first-order valence-corrected chi connectivity index (χ1v) is 10.3. The van der Waals surface area contributed by atoms with Crippen LogP contribution in [-0.4, -0.2) is 10.9 Å². The van der Waals surface area contributed by atoms with Gasteiger partial charge in [-0.15, -0.1) is 11.3 Å². The Morgan fingerprint density at radius 3 is 2.61 bits per heavy atom. The van der Waals surface area contributed by atoms with Gasteiger partial charge in [0.1, 0.15) is 5.76 Å². The normalized spacial score (nSPS) is 11.5. The number of carbonyl (C=O) groups excluding carboxylic acids is 1. The average Bonchev–Trinajstić information content (AvgIpc) is 3.39. The van der Waals surface area contributed by atoms with E-state index in [-0.39, 0.29) is 17.1 Å². The van der Waals surface area contributed by atoms with Gasteiger partial charge in [-0.05, 0) is 42.0 Å². The summed E-state index contributed by atoms with van der Waals surface area (Å²) in [6.45, 7) is 0. The zero-order valence-corrected chi connectivity index (χ0v) is 17.3. The molecule has 158 valence electrons. The number of alkyl halides is 3. The molecule has 0 bridgehead atoms. The lowest BCUT2D eigenvalue weighted by molar-refractivity contribution is -0.137. The lowest BCUT2D eigenvalue weighted by Gasteiger charge is -2.07. The van der Waals surface area contributed by atoms with Crippen molar-refractivity contribution in [3.05, 3.63) is 93.6 Å². The first kappa shape index (κ1) is 21.1. The maximum absolute atomic E-state index is 12.9. The molecular formula is C22H14ClF3N2O2S. The molecule has 0 aliphatic rings. The van der Waals surface area contributed by atoms with E-state index in [0.717, 1.165) is 22.6 Å². The smallest absolute Gasteiger partial charge is 0.416 e. The summed E-state index contributed by atoms with van der Waals surface area (Å²) in [5, 5.41) is 3.70. The Kier molecular flexibility index (Phi) is 5.84. The van der Waals surface area contributed by atoms with Gasteiger partial charge in [0.25, 0.3) is 5.91 Å². The van der Waals surface area contributed by atoms with Crippen LogP contribution >= 0.6 is 22.9 Å². The molecule has 4 rings (SSSR count). The second kappa shape index (κ2) is 8.56. The molecule has 31 heavy (non-hydrogen) atoms. The molecule has 4 aromatic rings. The SMILES string of the molecule is O=C(Nc1ncc(Cc2ccc(Cl)cc2)s1)c1ccc(-c2cccc(C(F)(F)F)c2)o1. The molecule has 0 unspecified atom stereocenters. The molecule has 0 radical (unpaired) electrons. The van der Waals surface area contributed by atoms with Crippen molar-refractivity contribution in [2.45, 2.75) is 12.6 Å². The minimum atomic E-state index is -4.46. The third-order valence-electron chi connectivity index (χ3n) is 4.37. The number of amides is 1. The highest BCUT2D eigenvalue weighted by Crippen LogP contribution is 2.33. The molecule has 0 aliphatic carbocycles. The van der Waals surface area contributed by atoms with Crippen LogP contribution in [0.25, 0.3) is 11.3 Å². The topological polar surface area (TPSA) is 55.1 Å². The van der Waals surface area contributed by atoms with Crippen LogP contribution in [0.1, 0.15) is 26.6 Å². The number of furan rings is 1. The quantitative estimate of drug-likeness (QED) is 0.350. The molecule has 1 amide bonds. The van der Waals surface area contributed by atoms with Gasteiger partial charge < -0.3 is 4.42 Å². The Labute approximate surface area is 184 Å². The number of anilines is 1. The monoisotopic (exact) mass is 462 g/mol. The van der Waals surface area contributed by atoms with E-state index in [0.29, 0.717) is 16.6 Å². The number of halogens is 4. The van der Waals surface area contributed by atoms with Gasteiger partial charge in [-0.3, -0.25) is 10.1 Å². The van der Waals surface area contributed by atoms with E-state index in [9.17, 15) is 18.0 Å².